The van der Waals surface area contributed by atoms with Crippen molar-refractivity contribution in [3.8, 4) is 21.9 Å². The van der Waals surface area contributed by atoms with E-state index in [0.29, 0.717) is 37.5 Å². The molecule has 1 heterocycles. The van der Waals surface area contributed by atoms with Crippen LogP contribution >= 0.6 is 22.9 Å². The van der Waals surface area contributed by atoms with E-state index in [9.17, 15) is 9.18 Å². The molecule has 0 saturated heterocycles. The molecule has 26 heavy (non-hydrogen) atoms. The summed E-state index contributed by atoms with van der Waals surface area (Å²) in [4.78, 5) is 13.7. The summed E-state index contributed by atoms with van der Waals surface area (Å²) in [5, 5.41) is 3.11. The summed E-state index contributed by atoms with van der Waals surface area (Å²) in [5.41, 5.74) is 0.880. The molecule has 0 saturated carbocycles. The van der Waals surface area contributed by atoms with Crippen molar-refractivity contribution in [1.29, 1.82) is 0 Å². The summed E-state index contributed by atoms with van der Waals surface area (Å²) in [5.74, 6) is 0.201. The normalized spacial score (nSPS) is 10.5. The molecule has 0 atom stereocenters. The number of thiophene rings is 1. The Morgan fingerprint density at radius 3 is 2.50 bits per heavy atom. The van der Waals surface area contributed by atoms with E-state index in [0.717, 1.165) is 0 Å². The second kappa shape index (κ2) is 7.76. The molecule has 3 rings (SSSR count). The van der Waals surface area contributed by atoms with Crippen molar-refractivity contribution in [2.75, 3.05) is 19.5 Å². The highest BCUT2D eigenvalue weighted by Gasteiger charge is 2.16. The molecule has 2 aromatic carbocycles. The molecule has 3 aromatic rings. The van der Waals surface area contributed by atoms with Gasteiger partial charge in [-0.15, -0.1) is 11.3 Å². The van der Waals surface area contributed by atoms with Crippen molar-refractivity contribution in [3.05, 3.63) is 64.2 Å². The van der Waals surface area contributed by atoms with E-state index in [-0.39, 0.29) is 11.7 Å². The second-order valence-corrected chi connectivity index (χ2v) is 6.78. The van der Waals surface area contributed by atoms with Gasteiger partial charge in [-0.1, -0.05) is 29.8 Å². The van der Waals surface area contributed by atoms with Crippen molar-refractivity contribution < 1.29 is 18.7 Å². The number of methoxy groups -OCH3 is 2. The van der Waals surface area contributed by atoms with Gasteiger partial charge in [0.25, 0.3) is 5.91 Å². The quantitative estimate of drug-likeness (QED) is 0.626. The number of amides is 1. The third-order valence-corrected chi connectivity index (χ3v) is 5.10. The van der Waals surface area contributed by atoms with Crippen LogP contribution in [0.15, 0.2) is 48.5 Å². The molecule has 134 valence electrons. The predicted octanol–water partition coefficient (Wildman–Crippen LogP) is 5.48. The standard InChI is InChI=1S/C19H15ClFNO3S/c1-24-15-10-16(25-2)14(9-12(15)20)22-19(23)18-8-7-17(26-18)11-5-3-4-6-13(11)21/h3-10H,1-2H3,(H,22,23). The largest absolute Gasteiger partial charge is 0.495 e. The maximum atomic E-state index is 13.9. The summed E-state index contributed by atoms with van der Waals surface area (Å²) in [6, 6.07) is 13.0. The molecule has 1 aromatic heterocycles. The summed E-state index contributed by atoms with van der Waals surface area (Å²) in [7, 11) is 2.98. The van der Waals surface area contributed by atoms with Gasteiger partial charge in [-0.3, -0.25) is 4.79 Å². The number of rotatable bonds is 5. The van der Waals surface area contributed by atoms with Crippen molar-refractivity contribution in [3.63, 3.8) is 0 Å². The number of nitrogens with one attached hydrogen (secondary N) is 1. The lowest BCUT2D eigenvalue weighted by atomic mass is 10.2. The van der Waals surface area contributed by atoms with Gasteiger partial charge in [-0.05, 0) is 24.3 Å². The minimum absolute atomic E-state index is 0.329. The number of carbonyl (C=O) groups is 1. The van der Waals surface area contributed by atoms with Gasteiger partial charge < -0.3 is 14.8 Å². The van der Waals surface area contributed by atoms with Crippen LogP contribution < -0.4 is 14.8 Å². The fourth-order valence-electron chi connectivity index (χ4n) is 2.41. The van der Waals surface area contributed by atoms with Crippen LogP contribution in [0, 0.1) is 5.82 Å². The van der Waals surface area contributed by atoms with Crippen LogP contribution in [0.25, 0.3) is 10.4 Å². The Morgan fingerprint density at radius 1 is 1.08 bits per heavy atom. The van der Waals surface area contributed by atoms with Crippen LogP contribution in [0.2, 0.25) is 5.02 Å². The Hall–Kier alpha value is -2.57. The fraction of sp³-hybridized carbons (Fsp3) is 0.105. The molecule has 0 aliphatic rings. The topological polar surface area (TPSA) is 47.6 Å². The molecule has 0 spiro atoms. The molecular weight excluding hydrogens is 377 g/mol. The SMILES string of the molecule is COc1cc(OC)c(NC(=O)c2ccc(-c3ccccc3F)s2)cc1Cl. The van der Waals surface area contributed by atoms with Gasteiger partial charge in [0.15, 0.2) is 0 Å². The molecule has 1 N–H and O–H groups in total. The summed E-state index contributed by atoms with van der Waals surface area (Å²) in [6.45, 7) is 0. The lowest BCUT2D eigenvalue weighted by Crippen LogP contribution is -2.11. The van der Waals surface area contributed by atoms with Crippen molar-refractivity contribution in [2.24, 2.45) is 0 Å². The van der Waals surface area contributed by atoms with Gasteiger partial charge in [0.1, 0.15) is 17.3 Å². The van der Waals surface area contributed by atoms with E-state index < -0.39 is 0 Å². The van der Waals surface area contributed by atoms with E-state index >= 15 is 0 Å². The summed E-state index contributed by atoms with van der Waals surface area (Å²) < 4.78 is 24.3. The Labute approximate surface area is 159 Å². The molecule has 0 radical (unpaired) electrons. The minimum Gasteiger partial charge on any atom is -0.495 e. The number of ether oxygens (including phenoxy) is 2. The van der Waals surface area contributed by atoms with Gasteiger partial charge in [0.2, 0.25) is 0 Å². The van der Waals surface area contributed by atoms with Gasteiger partial charge >= 0.3 is 0 Å². The minimum atomic E-state index is -0.336. The molecule has 0 aliphatic carbocycles. The van der Waals surface area contributed by atoms with Crippen LogP contribution in [0.5, 0.6) is 11.5 Å². The van der Waals surface area contributed by atoms with Gasteiger partial charge in [-0.25, -0.2) is 4.39 Å². The summed E-state index contributed by atoms with van der Waals surface area (Å²) >= 11 is 7.32. The Morgan fingerprint density at radius 2 is 1.81 bits per heavy atom. The third kappa shape index (κ3) is 3.66. The zero-order valence-corrected chi connectivity index (χ0v) is 15.6. The molecule has 0 bridgehead atoms. The first-order chi connectivity index (χ1) is 12.5. The zero-order valence-electron chi connectivity index (χ0n) is 14.0. The third-order valence-electron chi connectivity index (χ3n) is 3.69. The van der Waals surface area contributed by atoms with E-state index in [1.165, 1.54) is 31.6 Å². The Kier molecular flexibility index (Phi) is 5.44. The molecule has 7 heteroatoms. The smallest absolute Gasteiger partial charge is 0.265 e. The second-order valence-electron chi connectivity index (χ2n) is 5.28. The highest BCUT2D eigenvalue weighted by atomic mass is 35.5. The first-order valence-electron chi connectivity index (χ1n) is 7.61. The Balaban J connectivity index is 1.86. The lowest BCUT2D eigenvalue weighted by Gasteiger charge is -2.12. The highest BCUT2D eigenvalue weighted by Crippen LogP contribution is 2.37. The first kappa shape index (κ1) is 18.2. The first-order valence-corrected chi connectivity index (χ1v) is 8.80. The fourth-order valence-corrected chi connectivity index (χ4v) is 3.58. The molecule has 4 nitrogen and oxygen atoms in total. The molecular formula is C19H15ClFNO3S. The van der Waals surface area contributed by atoms with Crippen molar-refractivity contribution in [2.45, 2.75) is 0 Å². The number of benzene rings is 2. The number of hydrogen-bond acceptors (Lipinski definition) is 4. The maximum Gasteiger partial charge on any atom is 0.265 e. The van der Waals surface area contributed by atoms with E-state index in [2.05, 4.69) is 5.32 Å². The van der Waals surface area contributed by atoms with Crippen LogP contribution in [0.3, 0.4) is 0 Å². The molecule has 0 unspecified atom stereocenters. The lowest BCUT2D eigenvalue weighted by molar-refractivity contribution is 0.103. The Bertz CT molecular complexity index is 958. The van der Waals surface area contributed by atoms with E-state index in [4.69, 9.17) is 21.1 Å². The maximum absolute atomic E-state index is 13.9. The molecule has 1 amide bonds. The van der Waals surface area contributed by atoms with Crippen LogP contribution in [-0.2, 0) is 0 Å². The average Bonchev–Trinajstić information content (AvgIpc) is 3.12. The number of hydrogen-bond donors (Lipinski definition) is 1. The van der Waals surface area contributed by atoms with Gasteiger partial charge in [-0.2, -0.15) is 0 Å². The van der Waals surface area contributed by atoms with E-state index in [1.54, 1.807) is 42.5 Å². The highest BCUT2D eigenvalue weighted by molar-refractivity contribution is 7.17. The monoisotopic (exact) mass is 391 g/mol. The van der Waals surface area contributed by atoms with Crippen molar-refractivity contribution >= 4 is 34.5 Å². The van der Waals surface area contributed by atoms with Gasteiger partial charge in [0, 0.05) is 16.5 Å². The van der Waals surface area contributed by atoms with Crippen LogP contribution in [0.1, 0.15) is 9.67 Å². The average molecular weight is 392 g/mol. The van der Waals surface area contributed by atoms with E-state index in [1.807, 2.05) is 0 Å². The number of halogens is 2. The predicted molar refractivity (Wildman–Crippen MR) is 102 cm³/mol. The summed E-state index contributed by atoms with van der Waals surface area (Å²) in [6.07, 6.45) is 0. The molecule has 0 aliphatic heterocycles. The van der Waals surface area contributed by atoms with Crippen LogP contribution in [0.4, 0.5) is 10.1 Å². The van der Waals surface area contributed by atoms with Gasteiger partial charge in [0.05, 0.1) is 29.8 Å². The molecule has 0 fully saturated rings. The van der Waals surface area contributed by atoms with Crippen molar-refractivity contribution in [1.82, 2.24) is 0 Å². The number of carbonyl (C=O) groups excluding carboxylic acids is 1. The number of anilines is 1. The zero-order chi connectivity index (χ0) is 18.7. The van der Waals surface area contributed by atoms with Crippen LogP contribution in [-0.4, -0.2) is 20.1 Å².